The number of aromatic nitrogens is 1. The second-order valence-electron chi connectivity index (χ2n) is 5.28. The molecule has 0 saturated carbocycles. The number of amides is 1. The summed E-state index contributed by atoms with van der Waals surface area (Å²) in [6.07, 6.45) is 2.29. The van der Waals surface area contributed by atoms with Gasteiger partial charge in [-0.15, -0.1) is 0 Å². The highest BCUT2D eigenvalue weighted by atomic mass is 32.2. The van der Waals surface area contributed by atoms with Crippen LogP contribution in [0.4, 0.5) is 5.69 Å². The highest BCUT2D eigenvalue weighted by molar-refractivity contribution is 7.92. The van der Waals surface area contributed by atoms with E-state index < -0.39 is 10.0 Å². The lowest BCUT2D eigenvalue weighted by Gasteiger charge is -2.09. The van der Waals surface area contributed by atoms with Gasteiger partial charge in [0.1, 0.15) is 10.6 Å². The number of rotatable bonds is 3. The third-order valence-corrected chi connectivity index (χ3v) is 5.00. The Hall–Kier alpha value is -2.28. The van der Waals surface area contributed by atoms with Crippen LogP contribution in [0.1, 0.15) is 22.5 Å². The number of nitrogens with zero attached hydrogens (tertiary/aromatic N) is 1. The number of hydrogen-bond donors (Lipinski definition) is 2. The molecule has 6 nitrogen and oxygen atoms in total. The van der Waals surface area contributed by atoms with Crippen LogP contribution < -0.4 is 10.0 Å². The second-order valence-corrected chi connectivity index (χ2v) is 6.97. The summed E-state index contributed by atoms with van der Waals surface area (Å²) in [5, 5.41) is 2.75. The van der Waals surface area contributed by atoms with Crippen LogP contribution in [-0.4, -0.2) is 25.4 Å². The van der Waals surface area contributed by atoms with Crippen LogP contribution in [0.3, 0.4) is 0 Å². The van der Waals surface area contributed by atoms with Crippen molar-refractivity contribution in [3.05, 3.63) is 47.8 Å². The zero-order valence-electron chi connectivity index (χ0n) is 12.2. The molecule has 0 fully saturated rings. The molecule has 0 atom stereocenters. The van der Waals surface area contributed by atoms with Gasteiger partial charge in [-0.25, -0.2) is 8.42 Å². The average Bonchev–Trinajstić information content (AvgIpc) is 2.84. The highest BCUT2D eigenvalue weighted by Crippen LogP contribution is 2.22. The Morgan fingerprint density at radius 1 is 1.27 bits per heavy atom. The number of para-hydroxylation sites is 1. The molecular formula is C15H17N3O3S. The van der Waals surface area contributed by atoms with Crippen LogP contribution in [0.15, 0.2) is 41.4 Å². The van der Waals surface area contributed by atoms with Crippen molar-refractivity contribution < 1.29 is 13.2 Å². The van der Waals surface area contributed by atoms with Crippen molar-refractivity contribution in [3.8, 4) is 0 Å². The predicted molar refractivity (Wildman–Crippen MR) is 83.4 cm³/mol. The van der Waals surface area contributed by atoms with Gasteiger partial charge in [-0.05, 0) is 31.0 Å². The highest BCUT2D eigenvalue weighted by Gasteiger charge is 2.23. The Bertz CT molecular complexity index is 824. The number of sulfonamides is 1. The predicted octanol–water partition coefficient (Wildman–Crippen LogP) is 1.73. The molecule has 2 N–H and O–H groups in total. The average molecular weight is 319 g/mol. The maximum absolute atomic E-state index is 12.5. The Morgan fingerprint density at radius 3 is 2.82 bits per heavy atom. The first-order chi connectivity index (χ1) is 10.5. The zero-order valence-corrected chi connectivity index (χ0v) is 13.0. The summed E-state index contributed by atoms with van der Waals surface area (Å²) in [7, 11) is -3.72. The van der Waals surface area contributed by atoms with Crippen molar-refractivity contribution in [1.29, 1.82) is 0 Å². The van der Waals surface area contributed by atoms with Gasteiger partial charge in [0.25, 0.3) is 15.9 Å². The van der Waals surface area contributed by atoms with Crippen LogP contribution in [0.5, 0.6) is 0 Å². The number of fused-ring (bicyclic) bond motifs is 1. The summed E-state index contributed by atoms with van der Waals surface area (Å²) in [5.41, 5.74) is 1.75. The van der Waals surface area contributed by atoms with E-state index in [4.69, 9.17) is 0 Å². The van der Waals surface area contributed by atoms with Gasteiger partial charge in [0, 0.05) is 19.3 Å². The fourth-order valence-electron chi connectivity index (χ4n) is 2.44. The summed E-state index contributed by atoms with van der Waals surface area (Å²) in [4.78, 5) is 12.0. The number of carbonyl (C=O) groups excluding carboxylic acids is 1. The molecule has 2 aromatic rings. The minimum absolute atomic E-state index is 0.0998. The quantitative estimate of drug-likeness (QED) is 0.904. The van der Waals surface area contributed by atoms with Gasteiger partial charge >= 0.3 is 0 Å². The van der Waals surface area contributed by atoms with E-state index in [2.05, 4.69) is 10.0 Å². The van der Waals surface area contributed by atoms with E-state index >= 15 is 0 Å². The maximum atomic E-state index is 12.5. The molecular weight excluding hydrogens is 302 g/mol. The Morgan fingerprint density at radius 2 is 2.05 bits per heavy atom. The van der Waals surface area contributed by atoms with Gasteiger partial charge in [0.15, 0.2) is 0 Å². The number of aryl methyl sites for hydroxylation is 2. The van der Waals surface area contributed by atoms with E-state index in [-0.39, 0.29) is 10.8 Å². The SMILES string of the molecule is Cc1ccccc1NS(=O)(=O)c1cc2n(c1)CCCNC2=O. The number of carbonyl (C=O) groups is 1. The van der Waals surface area contributed by atoms with Crippen LogP contribution in [0, 0.1) is 6.92 Å². The third kappa shape index (κ3) is 2.71. The van der Waals surface area contributed by atoms with E-state index in [1.807, 2.05) is 19.1 Å². The Labute approximate surface area is 129 Å². The smallest absolute Gasteiger partial charge is 0.267 e. The summed E-state index contributed by atoms with van der Waals surface area (Å²) < 4.78 is 29.3. The molecule has 0 unspecified atom stereocenters. The molecule has 1 amide bonds. The maximum Gasteiger partial charge on any atom is 0.267 e. The van der Waals surface area contributed by atoms with Gasteiger partial charge in [0.2, 0.25) is 0 Å². The lowest BCUT2D eigenvalue weighted by molar-refractivity contribution is 0.0951. The van der Waals surface area contributed by atoms with Crippen molar-refractivity contribution in [2.75, 3.05) is 11.3 Å². The van der Waals surface area contributed by atoms with Crippen LogP contribution >= 0.6 is 0 Å². The molecule has 1 aromatic carbocycles. The fourth-order valence-corrected chi connectivity index (χ4v) is 3.61. The van der Waals surface area contributed by atoms with Crippen molar-refractivity contribution in [2.24, 2.45) is 0 Å². The van der Waals surface area contributed by atoms with Crippen molar-refractivity contribution in [2.45, 2.75) is 24.8 Å². The van der Waals surface area contributed by atoms with Crippen molar-refractivity contribution >= 4 is 21.6 Å². The minimum Gasteiger partial charge on any atom is -0.351 e. The first kappa shape index (κ1) is 14.6. The van der Waals surface area contributed by atoms with Crippen molar-refractivity contribution in [1.82, 2.24) is 9.88 Å². The molecule has 0 radical (unpaired) electrons. The Balaban J connectivity index is 1.95. The van der Waals surface area contributed by atoms with E-state index in [0.29, 0.717) is 24.5 Å². The molecule has 1 aliphatic rings. The van der Waals surface area contributed by atoms with E-state index in [1.54, 1.807) is 16.7 Å². The molecule has 2 heterocycles. The zero-order chi connectivity index (χ0) is 15.7. The monoisotopic (exact) mass is 319 g/mol. The van der Waals surface area contributed by atoms with Gasteiger partial charge in [-0.2, -0.15) is 0 Å². The van der Waals surface area contributed by atoms with Crippen LogP contribution in [0.25, 0.3) is 0 Å². The molecule has 0 bridgehead atoms. The van der Waals surface area contributed by atoms with Gasteiger partial charge in [-0.3, -0.25) is 9.52 Å². The van der Waals surface area contributed by atoms with Crippen LogP contribution in [0.2, 0.25) is 0 Å². The molecule has 3 rings (SSSR count). The fraction of sp³-hybridized carbons (Fsp3) is 0.267. The molecule has 22 heavy (non-hydrogen) atoms. The van der Waals surface area contributed by atoms with E-state index in [1.165, 1.54) is 12.3 Å². The molecule has 1 aromatic heterocycles. The molecule has 1 aliphatic heterocycles. The van der Waals surface area contributed by atoms with Crippen molar-refractivity contribution in [3.63, 3.8) is 0 Å². The summed E-state index contributed by atoms with van der Waals surface area (Å²) in [5.74, 6) is -0.241. The first-order valence-corrected chi connectivity index (χ1v) is 8.52. The number of anilines is 1. The van der Waals surface area contributed by atoms with Gasteiger partial charge in [0.05, 0.1) is 5.69 Å². The Kier molecular flexibility index (Phi) is 3.66. The largest absolute Gasteiger partial charge is 0.351 e. The molecule has 7 heteroatoms. The molecule has 116 valence electrons. The number of hydrogen-bond acceptors (Lipinski definition) is 3. The molecule has 0 saturated heterocycles. The minimum atomic E-state index is -3.72. The standard InChI is InChI=1S/C15H17N3O3S/c1-11-5-2-3-6-13(11)17-22(20,21)12-9-14-15(19)16-7-4-8-18(14)10-12/h2-3,5-6,9-10,17H,4,7-8H2,1H3,(H,16,19). The molecule has 0 spiro atoms. The summed E-state index contributed by atoms with van der Waals surface area (Å²) in [6.45, 7) is 3.05. The van der Waals surface area contributed by atoms with E-state index in [0.717, 1.165) is 12.0 Å². The third-order valence-electron chi connectivity index (χ3n) is 3.67. The lowest BCUT2D eigenvalue weighted by Crippen LogP contribution is -2.22. The first-order valence-electron chi connectivity index (χ1n) is 7.04. The van der Waals surface area contributed by atoms with Gasteiger partial charge < -0.3 is 9.88 Å². The van der Waals surface area contributed by atoms with E-state index in [9.17, 15) is 13.2 Å². The summed E-state index contributed by atoms with van der Waals surface area (Å²) in [6, 6.07) is 8.58. The summed E-state index contributed by atoms with van der Waals surface area (Å²) >= 11 is 0. The normalized spacial score (nSPS) is 14.9. The van der Waals surface area contributed by atoms with Gasteiger partial charge in [-0.1, -0.05) is 18.2 Å². The second kappa shape index (κ2) is 5.49. The van der Waals surface area contributed by atoms with Crippen LogP contribution in [-0.2, 0) is 16.6 Å². The topological polar surface area (TPSA) is 80.2 Å². The lowest BCUT2D eigenvalue weighted by atomic mass is 10.2. The molecule has 0 aliphatic carbocycles. The number of nitrogens with one attached hydrogen (secondary N) is 2. The number of benzene rings is 1.